The molecule has 1 N–H and O–H groups in total. The van der Waals surface area contributed by atoms with Crippen molar-refractivity contribution in [3.05, 3.63) is 46.0 Å². The molecule has 136 valence electrons. The van der Waals surface area contributed by atoms with Gasteiger partial charge in [-0.3, -0.25) is 19.3 Å². The van der Waals surface area contributed by atoms with Gasteiger partial charge in [0.15, 0.2) is 0 Å². The van der Waals surface area contributed by atoms with Crippen LogP contribution in [0.2, 0.25) is 0 Å². The minimum Gasteiger partial charge on any atom is -0.356 e. The highest BCUT2D eigenvalue weighted by Crippen LogP contribution is 2.32. The largest absolute Gasteiger partial charge is 0.356 e. The third kappa shape index (κ3) is 4.83. The molecule has 3 amide bonds. The molecule has 0 aliphatic carbocycles. The zero-order chi connectivity index (χ0) is 18.4. The molecule has 26 heavy (non-hydrogen) atoms. The zero-order valence-electron chi connectivity index (χ0n) is 14.0. The van der Waals surface area contributed by atoms with Crippen molar-refractivity contribution in [2.75, 3.05) is 13.1 Å². The topological polar surface area (TPSA) is 84.3 Å². The molecule has 0 atom stereocenters. The number of imide groups is 1. The first kappa shape index (κ1) is 18.4. The van der Waals surface area contributed by atoms with E-state index in [1.165, 1.54) is 11.3 Å². The van der Waals surface area contributed by atoms with E-state index in [0.29, 0.717) is 11.4 Å². The maximum absolute atomic E-state index is 12.3. The third-order valence-electron chi connectivity index (χ3n) is 3.73. The Morgan fingerprint density at radius 3 is 2.92 bits per heavy atom. The minimum absolute atomic E-state index is 0.0970. The average molecular weight is 390 g/mol. The normalized spacial score (nSPS) is 15.8. The van der Waals surface area contributed by atoms with Gasteiger partial charge in [0.2, 0.25) is 5.91 Å². The number of nitrogens with one attached hydrogen (secondary N) is 1. The Balaban J connectivity index is 1.41. The Labute approximate surface area is 159 Å². The first-order valence-corrected chi connectivity index (χ1v) is 9.84. The first-order chi connectivity index (χ1) is 12.6. The molecule has 0 spiro atoms. The molecule has 1 fully saturated rings. The molecular formula is C17H18N4O3S2. The summed E-state index contributed by atoms with van der Waals surface area (Å²) < 4.78 is 1.94. The molecule has 1 aliphatic rings. The van der Waals surface area contributed by atoms with E-state index < -0.39 is 0 Å². The minimum atomic E-state index is -0.332. The number of nitrogens with zero attached hydrogens (tertiary/aromatic N) is 3. The summed E-state index contributed by atoms with van der Waals surface area (Å²) in [4.78, 5) is 42.7. The Morgan fingerprint density at radius 2 is 2.19 bits per heavy atom. The molecular weight excluding hydrogens is 372 g/mol. The number of aromatic nitrogens is 2. The highest BCUT2D eigenvalue weighted by Gasteiger charge is 2.35. The maximum Gasteiger partial charge on any atom is 0.293 e. The SMILES string of the molecule is O=C(CCN1C(=O)SC(=Cc2cccs2)C1=O)NCCCn1ccnc1. The second kappa shape index (κ2) is 8.81. The number of rotatable bonds is 8. The highest BCUT2D eigenvalue weighted by molar-refractivity contribution is 8.18. The van der Waals surface area contributed by atoms with E-state index >= 15 is 0 Å². The summed E-state index contributed by atoms with van der Waals surface area (Å²) in [5, 5.41) is 4.39. The summed E-state index contributed by atoms with van der Waals surface area (Å²) in [6, 6.07) is 3.77. The second-order valence-corrected chi connectivity index (χ2v) is 7.58. The fourth-order valence-electron chi connectivity index (χ4n) is 2.41. The van der Waals surface area contributed by atoms with Gasteiger partial charge in [-0.05, 0) is 35.7 Å². The van der Waals surface area contributed by atoms with Crippen LogP contribution in [0.3, 0.4) is 0 Å². The molecule has 0 unspecified atom stereocenters. The predicted molar refractivity (Wildman–Crippen MR) is 101 cm³/mol. The van der Waals surface area contributed by atoms with Crippen molar-refractivity contribution in [2.45, 2.75) is 19.4 Å². The lowest BCUT2D eigenvalue weighted by Crippen LogP contribution is -2.34. The Kier molecular flexibility index (Phi) is 6.24. The molecule has 0 aromatic carbocycles. The third-order valence-corrected chi connectivity index (χ3v) is 5.45. The van der Waals surface area contributed by atoms with E-state index in [0.717, 1.165) is 34.5 Å². The molecule has 2 aromatic heterocycles. The highest BCUT2D eigenvalue weighted by atomic mass is 32.2. The van der Waals surface area contributed by atoms with Gasteiger partial charge in [0.05, 0.1) is 11.2 Å². The summed E-state index contributed by atoms with van der Waals surface area (Å²) in [6.45, 7) is 1.41. The number of hydrogen-bond donors (Lipinski definition) is 1. The van der Waals surface area contributed by atoms with Crippen LogP contribution in [0.25, 0.3) is 6.08 Å². The standard InChI is InChI=1S/C17H18N4O3S2/c22-15(19-5-2-7-20-9-6-18-12-20)4-8-21-16(23)14(26-17(21)24)11-13-3-1-10-25-13/h1,3,6,9-12H,2,4-5,7-8H2,(H,19,22). The molecule has 7 nitrogen and oxygen atoms in total. The van der Waals surface area contributed by atoms with Crippen LogP contribution < -0.4 is 5.32 Å². The van der Waals surface area contributed by atoms with Gasteiger partial charge in [0.25, 0.3) is 11.1 Å². The van der Waals surface area contributed by atoms with Crippen LogP contribution in [-0.4, -0.2) is 44.6 Å². The van der Waals surface area contributed by atoms with Gasteiger partial charge < -0.3 is 9.88 Å². The lowest BCUT2D eigenvalue weighted by Gasteiger charge is -2.12. The number of imidazole rings is 1. The molecule has 1 saturated heterocycles. The summed E-state index contributed by atoms with van der Waals surface area (Å²) in [6.07, 6.45) is 7.91. The van der Waals surface area contributed by atoms with E-state index in [1.54, 1.807) is 18.6 Å². The number of amides is 3. The first-order valence-electron chi connectivity index (χ1n) is 8.15. The number of hydrogen-bond acceptors (Lipinski definition) is 6. The van der Waals surface area contributed by atoms with Crippen molar-refractivity contribution in [2.24, 2.45) is 0 Å². The molecule has 1 aliphatic heterocycles. The smallest absolute Gasteiger partial charge is 0.293 e. The van der Waals surface area contributed by atoms with Crippen LogP contribution in [-0.2, 0) is 16.1 Å². The number of carbonyl (C=O) groups excluding carboxylic acids is 3. The summed E-state index contributed by atoms with van der Waals surface area (Å²) in [5.74, 6) is -0.502. The summed E-state index contributed by atoms with van der Waals surface area (Å²) >= 11 is 2.42. The van der Waals surface area contributed by atoms with Crippen LogP contribution in [0.15, 0.2) is 41.1 Å². The van der Waals surface area contributed by atoms with Gasteiger partial charge in [-0.2, -0.15) is 0 Å². The molecule has 0 saturated carbocycles. The van der Waals surface area contributed by atoms with E-state index in [4.69, 9.17) is 0 Å². The van der Waals surface area contributed by atoms with Crippen LogP contribution in [0.1, 0.15) is 17.7 Å². The monoisotopic (exact) mass is 390 g/mol. The van der Waals surface area contributed by atoms with Crippen LogP contribution in [0, 0.1) is 0 Å². The van der Waals surface area contributed by atoms with E-state index in [1.807, 2.05) is 28.3 Å². The maximum atomic E-state index is 12.3. The lowest BCUT2D eigenvalue weighted by molar-refractivity contribution is -0.124. The summed E-state index contributed by atoms with van der Waals surface area (Å²) in [5.41, 5.74) is 0. The molecule has 2 aromatic rings. The van der Waals surface area contributed by atoms with Crippen LogP contribution in [0.4, 0.5) is 4.79 Å². The molecule has 3 rings (SSSR count). The van der Waals surface area contributed by atoms with Gasteiger partial charge in [-0.25, -0.2) is 4.98 Å². The molecule has 0 radical (unpaired) electrons. The van der Waals surface area contributed by atoms with E-state index in [-0.39, 0.29) is 30.0 Å². The van der Waals surface area contributed by atoms with Crippen LogP contribution in [0.5, 0.6) is 0 Å². The Morgan fingerprint density at radius 1 is 1.31 bits per heavy atom. The molecule has 9 heteroatoms. The average Bonchev–Trinajstić information content (AvgIpc) is 3.35. The lowest BCUT2D eigenvalue weighted by atomic mass is 10.3. The fourth-order valence-corrected chi connectivity index (χ4v) is 3.99. The molecule has 0 bridgehead atoms. The Bertz CT molecular complexity index is 800. The van der Waals surface area contributed by atoms with Gasteiger partial charge in [0.1, 0.15) is 0 Å². The van der Waals surface area contributed by atoms with Gasteiger partial charge in [-0.1, -0.05) is 6.07 Å². The summed E-state index contributed by atoms with van der Waals surface area (Å²) in [7, 11) is 0. The zero-order valence-corrected chi connectivity index (χ0v) is 15.6. The van der Waals surface area contributed by atoms with Gasteiger partial charge >= 0.3 is 0 Å². The van der Waals surface area contributed by atoms with Gasteiger partial charge in [0, 0.05) is 43.3 Å². The number of aryl methyl sites for hydroxylation is 1. The second-order valence-electron chi connectivity index (χ2n) is 5.60. The van der Waals surface area contributed by atoms with Crippen molar-refractivity contribution in [1.82, 2.24) is 19.8 Å². The number of thioether (sulfide) groups is 1. The predicted octanol–water partition coefficient (Wildman–Crippen LogP) is 2.58. The van der Waals surface area contributed by atoms with Crippen molar-refractivity contribution < 1.29 is 14.4 Å². The van der Waals surface area contributed by atoms with E-state index in [2.05, 4.69) is 10.3 Å². The number of thiophene rings is 1. The number of carbonyl (C=O) groups is 3. The van der Waals surface area contributed by atoms with Gasteiger partial charge in [-0.15, -0.1) is 11.3 Å². The quantitative estimate of drug-likeness (QED) is 0.553. The Hall–Kier alpha value is -2.39. The van der Waals surface area contributed by atoms with E-state index in [9.17, 15) is 14.4 Å². The van der Waals surface area contributed by atoms with Crippen LogP contribution >= 0.6 is 23.1 Å². The van der Waals surface area contributed by atoms with Crippen molar-refractivity contribution in [3.63, 3.8) is 0 Å². The van der Waals surface area contributed by atoms with Crippen molar-refractivity contribution >= 4 is 46.2 Å². The van der Waals surface area contributed by atoms with Crippen molar-refractivity contribution in [3.8, 4) is 0 Å². The van der Waals surface area contributed by atoms with Crippen molar-refractivity contribution in [1.29, 1.82) is 0 Å². The fraction of sp³-hybridized carbons (Fsp3) is 0.294. The molecule has 3 heterocycles.